The molecule has 1 aliphatic rings. The molecule has 0 aliphatic carbocycles. The second-order valence-corrected chi connectivity index (χ2v) is 7.82. The Hall–Kier alpha value is -3.23. The molecule has 2 amide bonds. The maximum absolute atomic E-state index is 13.1. The highest BCUT2D eigenvalue weighted by Gasteiger charge is 2.31. The molecule has 0 saturated carbocycles. The number of rotatable bonds is 7. The van der Waals surface area contributed by atoms with Gasteiger partial charge in [-0.3, -0.25) is 0 Å². The number of oxime groups is 1. The summed E-state index contributed by atoms with van der Waals surface area (Å²) in [4.78, 5) is 21.6. The van der Waals surface area contributed by atoms with Crippen molar-refractivity contribution in [1.82, 2.24) is 10.2 Å². The summed E-state index contributed by atoms with van der Waals surface area (Å²) in [5.74, 6) is 0. The van der Waals surface area contributed by atoms with E-state index in [4.69, 9.17) is 4.84 Å². The molecule has 2 aromatic rings. The molecule has 0 unspecified atom stereocenters. The molecule has 0 radical (unpaired) electrons. The summed E-state index contributed by atoms with van der Waals surface area (Å²) in [5, 5.41) is 6.88. The third-order valence-corrected chi connectivity index (χ3v) is 5.12. The van der Waals surface area contributed by atoms with Crippen LogP contribution in [-0.4, -0.2) is 49.9 Å². The molecule has 172 valence electrons. The topological polar surface area (TPSA) is 57.2 Å². The maximum atomic E-state index is 13.1. The molecule has 0 fully saturated rings. The zero-order chi connectivity index (χ0) is 23.3. The van der Waals surface area contributed by atoms with E-state index in [0.29, 0.717) is 18.5 Å². The minimum atomic E-state index is -4.44. The number of carbonyl (C=O) groups is 1. The van der Waals surface area contributed by atoms with Crippen LogP contribution in [0.15, 0.2) is 53.7 Å². The Balaban J connectivity index is 1.68. The van der Waals surface area contributed by atoms with Crippen molar-refractivity contribution in [2.24, 2.45) is 5.16 Å². The molecule has 0 aromatic heterocycles. The summed E-state index contributed by atoms with van der Waals surface area (Å²) in [6.07, 6.45) is -4.32. The number of carbonyl (C=O) groups excluding carboxylic acids is 1. The number of anilines is 1. The van der Waals surface area contributed by atoms with Crippen molar-refractivity contribution in [2.45, 2.75) is 32.2 Å². The van der Waals surface area contributed by atoms with Crippen LogP contribution < -0.4 is 10.2 Å². The first-order valence-corrected chi connectivity index (χ1v) is 10.4. The van der Waals surface area contributed by atoms with E-state index in [9.17, 15) is 18.0 Å². The second-order valence-electron chi connectivity index (χ2n) is 7.82. The van der Waals surface area contributed by atoms with Crippen LogP contribution in [0.4, 0.5) is 23.7 Å². The summed E-state index contributed by atoms with van der Waals surface area (Å²) in [5.41, 5.74) is 2.42. The van der Waals surface area contributed by atoms with E-state index in [1.165, 1.54) is 11.0 Å². The Labute approximate surface area is 185 Å². The van der Waals surface area contributed by atoms with Crippen molar-refractivity contribution in [3.63, 3.8) is 0 Å². The molecule has 9 heteroatoms. The van der Waals surface area contributed by atoms with Gasteiger partial charge in [0.05, 0.1) is 17.8 Å². The molecule has 32 heavy (non-hydrogen) atoms. The number of hydrogen-bond donors (Lipinski definition) is 1. The smallest absolute Gasteiger partial charge is 0.390 e. The molecule has 1 heterocycles. The normalized spacial score (nSPS) is 15.7. The van der Waals surface area contributed by atoms with Crippen molar-refractivity contribution in [3.8, 4) is 0 Å². The van der Waals surface area contributed by atoms with E-state index in [1.807, 2.05) is 43.3 Å². The highest BCUT2D eigenvalue weighted by molar-refractivity contribution is 6.01. The van der Waals surface area contributed by atoms with Gasteiger partial charge >= 0.3 is 12.2 Å². The van der Waals surface area contributed by atoms with Gasteiger partial charge in [0.1, 0.15) is 0 Å². The van der Waals surface area contributed by atoms with Crippen molar-refractivity contribution in [1.29, 1.82) is 0 Å². The molecular weight excluding hydrogens is 421 g/mol. The average Bonchev–Trinajstić information content (AvgIpc) is 3.22. The van der Waals surface area contributed by atoms with Gasteiger partial charge in [0, 0.05) is 39.3 Å². The first kappa shape index (κ1) is 23.4. The minimum absolute atomic E-state index is 0.0302. The number of halogens is 3. The Morgan fingerprint density at radius 1 is 1.19 bits per heavy atom. The highest BCUT2D eigenvalue weighted by Crippen LogP contribution is 2.30. The summed E-state index contributed by atoms with van der Waals surface area (Å²) < 4.78 is 39.2. The van der Waals surface area contributed by atoms with E-state index in [1.54, 1.807) is 13.0 Å². The van der Waals surface area contributed by atoms with Gasteiger partial charge in [-0.05, 0) is 42.3 Å². The van der Waals surface area contributed by atoms with Crippen LogP contribution >= 0.6 is 0 Å². The number of nitrogens with one attached hydrogen (secondary N) is 1. The predicted molar refractivity (Wildman–Crippen MR) is 118 cm³/mol. The van der Waals surface area contributed by atoms with Crippen molar-refractivity contribution < 1.29 is 22.8 Å². The lowest BCUT2D eigenvalue weighted by molar-refractivity contribution is -0.137. The quantitative estimate of drug-likeness (QED) is 0.679. The third-order valence-electron chi connectivity index (χ3n) is 5.12. The second kappa shape index (κ2) is 9.93. The largest absolute Gasteiger partial charge is 0.416 e. The number of amides is 2. The first-order valence-electron chi connectivity index (χ1n) is 10.4. The van der Waals surface area contributed by atoms with E-state index >= 15 is 0 Å². The standard InChI is InChI=1S/C23H27F3N4O2/c1-4-27-22(31)30(14-16-6-5-7-18(12-16)23(24,25)26)15-20-13-21(28-32-20)17-8-10-19(11-9-17)29(2)3/h5-12,20H,4,13-15H2,1-3H3,(H,27,31)/t20-/m0/s1. The maximum Gasteiger partial charge on any atom is 0.416 e. The average molecular weight is 448 g/mol. The Kier molecular flexibility index (Phi) is 7.27. The van der Waals surface area contributed by atoms with E-state index in [-0.39, 0.29) is 25.2 Å². The van der Waals surface area contributed by atoms with Gasteiger partial charge in [0.25, 0.3) is 0 Å². The molecule has 0 bridgehead atoms. The number of benzene rings is 2. The van der Waals surface area contributed by atoms with Gasteiger partial charge in [-0.2, -0.15) is 13.2 Å². The van der Waals surface area contributed by atoms with Gasteiger partial charge in [-0.1, -0.05) is 29.4 Å². The predicted octanol–water partition coefficient (Wildman–Crippen LogP) is 4.50. The van der Waals surface area contributed by atoms with Gasteiger partial charge in [0.2, 0.25) is 0 Å². The van der Waals surface area contributed by atoms with Crippen LogP contribution in [0.3, 0.4) is 0 Å². The summed E-state index contributed by atoms with van der Waals surface area (Å²) in [6.45, 7) is 2.42. The van der Waals surface area contributed by atoms with E-state index < -0.39 is 11.7 Å². The van der Waals surface area contributed by atoms with Crippen LogP contribution in [0.1, 0.15) is 30.0 Å². The lowest BCUT2D eigenvalue weighted by atomic mass is 10.0. The Morgan fingerprint density at radius 3 is 2.53 bits per heavy atom. The fourth-order valence-corrected chi connectivity index (χ4v) is 3.44. The lowest BCUT2D eigenvalue weighted by Crippen LogP contribution is -2.43. The van der Waals surface area contributed by atoms with Gasteiger partial charge in [0.15, 0.2) is 6.10 Å². The molecule has 2 aromatic carbocycles. The molecule has 1 aliphatic heterocycles. The summed E-state index contributed by atoms with van der Waals surface area (Å²) in [6, 6.07) is 12.5. The van der Waals surface area contributed by atoms with Crippen molar-refractivity contribution >= 4 is 17.4 Å². The molecule has 6 nitrogen and oxygen atoms in total. The summed E-state index contributed by atoms with van der Waals surface area (Å²) >= 11 is 0. The number of alkyl halides is 3. The SMILES string of the molecule is CCNC(=O)N(Cc1cccc(C(F)(F)F)c1)C[C@@H]1CC(c2ccc(N(C)C)cc2)=NO1. The van der Waals surface area contributed by atoms with E-state index in [2.05, 4.69) is 10.5 Å². The molecule has 1 N–H and O–H groups in total. The zero-order valence-corrected chi connectivity index (χ0v) is 18.3. The van der Waals surface area contributed by atoms with Crippen LogP contribution in [0, 0.1) is 0 Å². The van der Waals surface area contributed by atoms with Crippen molar-refractivity contribution in [2.75, 3.05) is 32.1 Å². The fourth-order valence-electron chi connectivity index (χ4n) is 3.44. The van der Waals surface area contributed by atoms with Gasteiger partial charge < -0.3 is 20.0 Å². The van der Waals surface area contributed by atoms with E-state index in [0.717, 1.165) is 29.1 Å². The van der Waals surface area contributed by atoms with Crippen LogP contribution in [0.2, 0.25) is 0 Å². The fraction of sp³-hybridized carbons (Fsp3) is 0.391. The van der Waals surface area contributed by atoms with Crippen molar-refractivity contribution in [3.05, 3.63) is 65.2 Å². The molecule has 3 rings (SSSR count). The summed E-state index contributed by atoms with van der Waals surface area (Å²) in [7, 11) is 3.92. The van der Waals surface area contributed by atoms with Crippen LogP contribution in [0.5, 0.6) is 0 Å². The van der Waals surface area contributed by atoms with Gasteiger partial charge in [-0.15, -0.1) is 0 Å². The first-order chi connectivity index (χ1) is 15.2. The molecule has 0 spiro atoms. The molecular formula is C23H27F3N4O2. The molecule has 0 saturated heterocycles. The Morgan fingerprint density at radius 2 is 1.91 bits per heavy atom. The highest BCUT2D eigenvalue weighted by atomic mass is 19.4. The monoisotopic (exact) mass is 448 g/mol. The van der Waals surface area contributed by atoms with Crippen LogP contribution in [0.25, 0.3) is 0 Å². The third kappa shape index (κ3) is 5.93. The zero-order valence-electron chi connectivity index (χ0n) is 18.3. The number of hydrogen-bond acceptors (Lipinski definition) is 4. The lowest BCUT2D eigenvalue weighted by Gasteiger charge is -2.25. The molecule has 1 atom stereocenters. The Bertz CT molecular complexity index is 958. The van der Waals surface area contributed by atoms with Crippen LogP contribution in [-0.2, 0) is 17.6 Å². The number of nitrogens with zero attached hydrogens (tertiary/aromatic N) is 3. The van der Waals surface area contributed by atoms with Gasteiger partial charge in [-0.25, -0.2) is 4.79 Å². The minimum Gasteiger partial charge on any atom is -0.390 e. The number of urea groups is 1.